The molecule has 17 heavy (non-hydrogen) atoms. The van der Waals surface area contributed by atoms with Crippen molar-refractivity contribution in [3.8, 4) is 0 Å². The summed E-state index contributed by atoms with van der Waals surface area (Å²) in [6, 6.07) is 1.84. The Labute approximate surface area is 105 Å². The van der Waals surface area contributed by atoms with Crippen LogP contribution in [0.1, 0.15) is 20.3 Å². The van der Waals surface area contributed by atoms with Gasteiger partial charge in [-0.1, -0.05) is 6.92 Å². The van der Waals surface area contributed by atoms with Gasteiger partial charge in [0.15, 0.2) is 0 Å². The van der Waals surface area contributed by atoms with Crippen molar-refractivity contribution in [1.82, 2.24) is 15.1 Å². The lowest BCUT2D eigenvalue weighted by atomic mass is 10.00. The standard InChI is InChI=1S/C13H27N3O/c1-4-14-12-5-8-17-10-13(12)16-7-6-15(3)11(2)9-16/h11-14H,4-10H2,1-3H3. The third-order valence-corrected chi connectivity index (χ3v) is 4.25. The second-order valence-electron chi connectivity index (χ2n) is 5.42. The van der Waals surface area contributed by atoms with Crippen molar-refractivity contribution in [1.29, 1.82) is 0 Å². The molecule has 2 heterocycles. The predicted octanol–water partition coefficient (Wildman–Crippen LogP) is 0.389. The lowest BCUT2D eigenvalue weighted by Gasteiger charge is -2.45. The fourth-order valence-electron chi connectivity index (χ4n) is 2.96. The maximum absolute atomic E-state index is 5.68. The first-order chi connectivity index (χ1) is 8.22. The third-order valence-electron chi connectivity index (χ3n) is 4.25. The maximum atomic E-state index is 5.68. The fraction of sp³-hybridized carbons (Fsp3) is 1.00. The molecule has 0 aromatic rings. The number of piperazine rings is 1. The van der Waals surface area contributed by atoms with E-state index in [1.54, 1.807) is 0 Å². The Kier molecular flexibility index (Phi) is 4.79. The van der Waals surface area contributed by atoms with Gasteiger partial charge in [0.05, 0.1) is 6.61 Å². The molecule has 0 aromatic carbocycles. The molecule has 0 radical (unpaired) electrons. The lowest BCUT2D eigenvalue weighted by Crippen LogP contribution is -2.61. The summed E-state index contributed by atoms with van der Waals surface area (Å²) in [5, 5.41) is 3.62. The lowest BCUT2D eigenvalue weighted by molar-refractivity contribution is -0.0272. The first kappa shape index (κ1) is 13.3. The molecule has 0 saturated carbocycles. The van der Waals surface area contributed by atoms with Gasteiger partial charge in [-0.15, -0.1) is 0 Å². The van der Waals surface area contributed by atoms with E-state index in [-0.39, 0.29) is 0 Å². The van der Waals surface area contributed by atoms with Gasteiger partial charge in [-0.05, 0) is 26.9 Å². The number of hydrogen-bond donors (Lipinski definition) is 1. The van der Waals surface area contributed by atoms with Crippen molar-refractivity contribution in [2.75, 3.05) is 46.4 Å². The van der Waals surface area contributed by atoms with Crippen LogP contribution in [-0.2, 0) is 4.74 Å². The molecule has 3 unspecified atom stereocenters. The number of rotatable bonds is 3. The molecule has 2 fully saturated rings. The third kappa shape index (κ3) is 3.19. The van der Waals surface area contributed by atoms with E-state index in [0.717, 1.165) is 26.2 Å². The van der Waals surface area contributed by atoms with Crippen molar-refractivity contribution < 1.29 is 4.74 Å². The van der Waals surface area contributed by atoms with Gasteiger partial charge in [0.1, 0.15) is 0 Å². The van der Waals surface area contributed by atoms with Crippen LogP contribution in [0.2, 0.25) is 0 Å². The summed E-state index contributed by atoms with van der Waals surface area (Å²) in [7, 11) is 2.22. The zero-order valence-electron chi connectivity index (χ0n) is 11.5. The van der Waals surface area contributed by atoms with Gasteiger partial charge in [-0.2, -0.15) is 0 Å². The molecule has 0 amide bonds. The van der Waals surface area contributed by atoms with E-state index < -0.39 is 0 Å². The second kappa shape index (κ2) is 6.14. The Morgan fingerprint density at radius 1 is 1.35 bits per heavy atom. The average molecular weight is 241 g/mol. The molecule has 2 aliphatic rings. The highest BCUT2D eigenvalue weighted by Gasteiger charge is 2.33. The van der Waals surface area contributed by atoms with E-state index >= 15 is 0 Å². The fourth-order valence-corrected chi connectivity index (χ4v) is 2.96. The summed E-state index contributed by atoms with van der Waals surface area (Å²) in [6.07, 6.45) is 1.15. The Balaban J connectivity index is 1.94. The van der Waals surface area contributed by atoms with Gasteiger partial charge >= 0.3 is 0 Å². The topological polar surface area (TPSA) is 27.7 Å². The minimum Gasteiger partial charge on any atom is -0.380 e. The normalized spacial score (nSPS) is 37.2. The average Bonchev–Trinajstić information content (AvgIpc) is 2.34. The Hall–Kier alpha value is -0.160. The number of nitrogens with zero attached hydrogens (tertiary/aromatic N) is 2. The predicted molar refractivity (Wildman–Crippen MR) is 70.4 cm³/mol. The van der Waals surface area contributed by atoms with Gasteiger partial charge in [0, 0.05) is 44.4 Å². The molecule has 0 spiro atoms. The van der Waals surface area contributed by atoms with Crippen LogP contribution in [0.15, 0.2) is 0 Å². The van der Waals surface area contributed by atoms with Crippen molar-refractivity contribution >= 4 is 0 Å². The molecule has 2 aliphatic heterocycles. The molecule has 0 aromatic heterocycles. The largest absolute Gasteiger partial charge is 0.380 e. The van der Waals surface area contributed by atoms with E-state index in [1.807, 2.05) is 0 Å². The van der Waals surface area contributed by atoms with Crippen LogP contribution in [0.25, 0.3) is 0 Å². The van der Waals surface area contributed by atoms with Crippen LogP contribution >= 0.6 is 0 Å². The Morgan fingerprint density at radius 3 is 2.88 bits per heavy atom. The highest BCUT2D eigenvalue weighted by Crippen LogP contribution is 2.18. The summed E-state index contributed by atoms with van der Waals surface area (Å²) in [5.74, 6) is 0. The minimum atomic E-state index is 0.569. The summed E-state index contributed by atoms with van der Waals surface area (Å²) >= 11 is 0. The molecule has 100 valence electrons. The zero-order chi connectivity index (χ0) is 12.3. The number of hydrogen-bond acceptors (Lipinski definition) is 4. The van der Waals surface area contributed by atoms with Crippen LogP contribution in [0.4, 0.5) is 0 Å². The molecule has 2 rings (SSSR count). The molecule has 0 bridgehead atoms. The SMILES string of the molecule is CCNC1CCOCC1N1CCN(C)C(C)C1. The highest BCUT2D eigenvalue weighted by atomic mass is 16.5. The molecular weight excluding hydrogens is 214 g/mol. The van der Waals surface area contributed by atoms with Gasteiger partial charge in [0.25, 0.3) is 0 Å². The summed E-state index contributed by atoms with van der Waals surface area (Å²) in [5.41, 5.74) is 0. The van der Waals surface area contributed by atoms with E-state index in [2.05, 4.69) is 36.0 Å². The smallest absolute Gasteiger partial charge is 0.0637 e. The van der Waals surface area contributed by atoms with Crippen LogP contribution < -0.4 is 5.32 Å². The maximum Gasteiger partial charge on any atom is 0.0637 e. The van der Waals surface area contributed by atoms with E-state index in [9.17, 15) is 0 Å². The summed E-state index contributed by atoms with van der Waals surface area (Å²) in [4.78, 5) is 5.07. The molecule has 4 heteroatoms. The molecule has 0 aliphatic carbocycles. The quantitative estimate of drug-likeness (QED) is 0.773. The highest BCUT2D eigenvalue weighted by molar-refractivity contribution is 4.90. The van der Waals surface area contributed by atoms with Crippen molar-refractivity contribution in [2.24, 2.45) is 0 Å². The van der Waals surface area contributed by atoms with E-state index in [0.29, 0.717) is 18.1 Å². The van der Waals surface area contributed by atoms with Crippen LogP contribution in [0.5, 0.6) is 0 Å². The first-order valence-corrected chi connectivity index (χ1v) is 6.97. The molecular formula is C13H27N3O. The molecule has 1 N–H and O–H groups in total. The first-order valence-electron chi connectivity index (χ1n) is 6.97. The molecule has 2 saturated heterocycles. The zero-order valence-corrected chi connectivity index (χ0v) is 11.5. The second-order valence-corrected chi connectivity index (χ2v) is 5.42. The monoisotopic (exact) mass is 241 g/mol. The van der Waals surface area contributed by atoms with Crippen molar-refractivity contribution in [2.45, 2.75) is 38.4 Å². The van der Waals surface area contributed by atoms with Crippen molar-refractivity contribution in [3.05, 3.63) is 0 Å². The summed E-state index contributed by atoms with van der Waals surface area (Å²) < 4.78 is 5.68. The minimum absolute atomic E-state index is 0.569. The van der Waals surface area contributed by atoms with Crippen LogP contribution in [-0.4, -0.2) is 74.4 Å². The van der Waals surface area contributed by atoms with Gasteiger partial charge in [0.2, 0.25) is 0 Å². The van der Waals surface area contributed by atoms with Crippen molar-refractivity contribution in [3.63, 3.8) is 0 Å². The number of nitrogens with one attached hydrogen (secondary N) is 1. The van der Waals surface area contributed by atoms with Gasteiger partial charge < -0.3 is 15.0 Å². The number of likely N-dealkylation sites (N-methyl/N-ethyl adjacent to an activating group) is 2. The van der Waals surface area contributed by atoms with Crippen LogP contribution in [0, 0.1) is 0 Å². The Morgan fingerprint density at radius 2 is 2.18 bits per heavy atom. The van der Waals surface area contributed by atoms with Gasteiger partial charge in [-0.3, -0.25) is 4.90 Å². The van der Waals surface area contributed by atoms with E-state index in [4.69, 9.17) is 4.74 Å². The summed E-state index contributed by atoms with van der Waals surface area (Å²) in [6.45, 7) is 10.9. The number of ether oxygens (including phenoxy) is 1. The van der Waals surface area contributed by atoms with Crippen LogP contribution in [0.3, 0.4) is 0 Å². The Bertz CT molecular complexity index is 235. The molecule has 4 nitrogen and oxygen atoms in total. The van der Waals surface area contributed by atoms with Gasteiger partial charge in [-0.25, -0.2) is 0 Å². The molecule has 3 atom stereocenters. The van der Waals surface area contributed by atoms with E-state index in [1.165, 1.54) is 19.6 Å².